The zero-order chi connectivity index (χ0) is 13.1. The van der Waals surface area contributed by atoms with Crippen molar-refractivity contribution >= 4 is 29.9 Å². The van der Waals surface area contributed by atoms with E-state index < -0.39 is 0 Å². The molecule has 0 bridgehead atoms. The average molecular weight is 381 g/mol. The maximum Gasteiger partial charge on any atom is 0.191 e. The zero-order valence-corrected chi connectivity index (χ0v) is 13.9. The fourth-order valence-corrected chi connectivity index (χ4v) is 1.40. The number of rotatable bonds is 8. The highest BCUT2D eigenvalue weighted by Crippen LogP contribution is 1.93. The Kier molecular flexibility index (Phi) is 11.7. The molecule has 1 aromatic rings. The van der Waals surface area contributed by atoms with Crippen LogP contribution in [0.4, 0.5) is 0 Å². The molecule has 1 aromatic heterocycles. The van der Waals surface area contributed by atoms with Crippen LogP contribution in [0.15, 0.2) is 17.3 Å². The molecule has 0 saturated heterocycles. The van der Waals surface area contributed by atoms with Gasteiger partial charge >= 0.3 is 0 Å². The van der Waals surface area contributed by atoms with Crippen LogP contribution in [-0.4, -0.2) is 42.5 Å². The summed E-state index contributed by atoms with van der Waals surface area (Å²) >= 11 is 0. The first-order valence-electron chi connectivity index (χ1n) is 6.45. The van der Waals surface area contributed by atoms with E-state index in [0.29, 0.717) is 6.54 Å². The van der Waals surface area contributed by atoms with E-state index in [9.17, 15) is 0 Å². The van der Waals surface area contributed by atoms with Crippen molar-refractivity contribution in [2.24, 2.45) is 4.99 Å². The number of aromatic amines is 1. The van der Waals surface area contributed by atoms with Crippen LogP contribution in [0.5, 0.6) is 0 Å². The monoisotopic (exact) mass is 381 g/mol. The summed E-state index contributed by atoms with van der Waals surface area (Å²) in [7, 11) is 0. The molecule has 0 aliphatic rings. The van der Waals surface area contributed by atoms with Crippen LogP contribution in [-0.2, 0) is 11.3 Å². The fraction of sp³-hybridized carbons (Fsp3) is 0.667. The minimum atomic E-state index is 0. The molecule has 0 radical (unpaired) electrons. The first-order chi connectivity index (χ1) is 8.86. The van der Waals surface area contributed by atoms with Crippen LogP contribution in [0.3, 0.4) is 0 Å². The van der Waals surface area contributed by atoms with Crippen LogP contribution in [0, 0.1) is 0 Å². The molecular formula is C12H24IN5O. The van der Waals surface area contributed by atoms with E-state index in [-0.39, 0.29) is 24.0 Å². The molecule has 19 heavy (non-hydrogen) atoms. The number of ether oxygens (including phenoxy) is 1. The molecule has 110 valence electrons. The Morgan fingerprint density at radius 2 is 2.26 bits per heavy atom. The lowest BCUT2D eigenvalue weighted by Crippen LogP contribution is -2.38. The van der Waals surface area contributed by atoms with Crippen molar-refractivity contribution in [1.29, 1.82) is 0 Å². The molecule has 0 aliphatic heterocycles. The standard InChI is InChI=1S/C12H23N5O.HI/c1-3-13-12(14-7-5-9-18-4-2)15-10-11-6-8-16-17-11;/h6,8H,3-5,7,9-10H2,1-2H3,(H,16,17)(H2,13,14,15);1H. The molecule has 0 aliphatic carbocycles. The summed E-state index contributed by atoms with van der Waals surface area (Å²) in [5.74, 6) is 0.823. The third kappa shape index (κ3) is 8.82. The van der Waals surface area contributed by atoms with Gasteiger partial charge in [0.15, 0.2) is 5.96 Å². The molecule has 0 unspecified atom stereocenters. The molecule has 0 amide bonds. The Balaban J connectivity index is 0.00000324. The Labute approximate surface area is 131 Å². The Morgan fingerprint density at radius 3 is 2.89 bits per heavy atom. The number of hydrogen-bond donors (Lipinski definition) is 3. The molecule has 0 aromatic carbocycles. The molecule has 3 N–H and O–H groups in total. The van der Waals surface area contributed by atoms with Crippen molar-refractivity contribution in [1.82, 2.24) is 20.8 Å². The largest absolute Gasteiger partial charge is 0.382 e. The van der Waals surface area contributed by atoms with Gasteiger partial charge in [0, 0.05) is 32.5 Å². The van der Waals surface area contributed by atoms with E-state index in [1.165, 1.54) is 0 Å². The molecule has 1 heterocycles. The number of nitrogens with one attached hydrogen (secondary N) is 3. The molecule has 0 saturated carbocycles. The van der Waals surface area contributed by atoms with E-state index in [4.69, 9.17) is 4.74 Å². The van der Waals surface area contributed by atoms with Crippen molar-refractivity contribution in [2.45, 2.75) is 26.8 Å². The maximum atomic E-state index is 5.28. The predicted molar refractivity (Wildman–Crippen MR) is 87.9 cm³/mol. The highest BCUT2D eigenvalue weighted by molar-refractivity contribution is 14.0. The summed E-state index contributed by atoms with van der Waals surface area (Å²) in [5, 5.41) is 13.2. The number of nitrogens with zero attached hydrogens (tertiary/aromatic N) is 2. The number of guanidine groups is 1. The summed E-state index contributed by atoms with van der Waals surface area (Å²) in [4.78, 5) is 4.46. The van der Waals surface area contributed by atoms with Crippen LogP contribution in [0.25, 0.3) is 0 Å². The lowest BCUT2D eigenvalue weighted by molar-refractivity contribution is 0.145. The summed E-state index contributed by atoms with van der Waals surface area (Å²) < 4.78 is 5.28. The molecule has 1 rings (SSSR count). The van der Waals surface area contributed by atoms with Gasteiger partial charge in [-0.25, -0.2) is 4.99 Å². The minimum Gasteiger partial charge on any atom is -0.382 e. The van der Waals surface area contributed by atoms with E-state index in [1.807, 2.05) is 19.9 Å². The van der Waals surface area contributed by atoms with Gasteiger partial charge in [-0.05, 0) is 26.3 Å². The van der Waals surface area contributed by atoms with Crippen LogP contribution in [0.1, 0.15) is 26.0 Å². The SMILES string of the molecule is CCNC(=NCc1ccn[nH]1)NCCCOCC.I. The molecule has 0 spiro atoms. The summed E-state index contributed by atoms with van der Waals surface area (Å²) in [6.07, 6.45) is 2.70. The van der Waals surface area contributed by atoms with Gasteiger partial charge in [0.2, 0.25) is 0 Å². The third-order valence-corrected chi connectivity index (χ3v) is 2.27. The highest BCUT2D eigenvalue weighted by atomic mass is 127. The van der Waals surface area contributed by atoms with E-state index >= 15 is 0 Å². The molecule has 6 nitrogen and oxygen atoms in total. The van der Waals surface area contributed by atoms with Crippen LogP contribution in [0.2, 0.25) is 0 Å². The number of H-pyrrole nitrogens is 1. The predicted octanol–water partition coefficient (Wildman–Crippen LogP) is 1.51. The fourth-order valence-electron chi connectivity index (χ4n) is 1.40. The maximum absolute atomic E-state index is 5.28. The molecular weight excluding hydrogens is 357 g/mol. The van der Waals surface area contributed by atoms with Crippen LogP contribution >= 0.6 is 24.0 Å². The van der Waals surface area contributed by atoms with Gasteiger partial charge in [-0.2, -0.15) is 5.10 Å². The van der Waals surface area contributed by atoms with Gasteiger partial charge in [-0.15, -0.1) is 24.0 Å². The number of aromatic nitrogens is 2. The summed E-state index contributed by atoms with van der Waals surface area (Å²) in [6.45, 7) is 7.91. The van der Waals surface area contributed by atoms with Crippen molar-refractivity contribution in [3.05, 3.63) is 18.0 Å². The first kappa shape index (κ1) is 18.2. The summed E-state index contributed by atoms with van der Waals surface area (Å²) in [5.41, 5.74) is 1.00. The van der Waals surface area contributed by atoms with Gasteiger partial charge in [0.05, 0.1) is 12.2 Å². The zero-order valence-electron chi connectivity index (χ0n) is 11.6. The average Bonchev–Trinajstić information content (AvgIpc) is 2.88. The first-order valence-corrected chi connectivity index (χ1v) is 6.45. The Bertz CT molecular complexity index is 329. The lowest BCUT2D eigenvalue weighted by atomic mass is 10.4. The smallest absolute Gasteiger partial charge is 0.191 e. The molecule has 0 atom stereocenters. The van der Waals surface area contributed by atoms with E-state index in [0.717, 1.165) is 44.4 Å². The number of aliphatic imine (C=N–C) groups is 1. The van der Waals surface area contributed by atoms with Crippen molar-refractivity contribution in [3.63, 3.8) is 0 Å². The molecule has 7 heteroatoms. The summed E-state index contributed by atoms with van der Waals surface area (Å²) in [6, 6.07) is 1.92. The topological polar surface area (TPSA) is 74.3 Å². The Hall–Kier alpha value is -0.830. The number of hydrogen-bond acceptors (Lipinski definition) is 3. The minimum absolute atomic E-state index is 0. The van der Waals surface area contributed by atoms with E-state index in [1.54, 1.807) is 6.20 Å². The quantitative estimate of drug-likeness (QED) is 0.276. The van der Waals surface area contributed by atoms with Crippen molar-refractivity contribution < 1.29 is 4.74 Å². The van der Waals surface area contributed by atoms with Crippen LogP contribution < -0.4 is 10.6 Å². The Morgan fingerprint density at radius 1 is 1.42 bits per heavy atom. The van der Waals surface area contributed by atoms with Gasteiger partial charge in [-0.3, -0.25) is 5.10 Å². The highest BCUT2D eigenvalue weighted by Gasteiger charge is 1.97. The lowest BCUT2D eigenvalue weighted by Gasteiger charge is -2.10. The van der Waals surface area contributed by atoms with Gasteiger partial charge in [0.25, 0.3) is 0 Å². The molecule has 0 fully saturated rings. The number of halogens is 1. The van der Waals surface area contributed by atoms with E-state index in [2.05, 4.69) is 25.8 Å². The second-order valence-electron chi connectivity index (χ2n) is 3.75. The van der Waals surface area contributed by atoms with Crippen molar-refractivity contribution in [3.8, 4) is 0 Å². The second-order valence-corrected chi connectivity index (χ2v) is 3.75. The second kappa shape index (κ2) is 12.2. The van der Waals surface area contributed by atoms with Gasteiger partial charge in [0.1, 0.15) is 0 Å². The van der Waals surface area contributed by atoms with Crippen molar-refractivity contribution in [2.75, 3.05) is 26.3 Å². The van der Waals surface area contributed by atoms with Gasteiger partial charge < -0.3 is 15.4 Å². The normalized spacial score (nSPS) is 10.9. The third-order valence-electron chi connectivity index (χ3n) is 2.27. The van der Waals surface area contributed by atoms with Gasteiger partial charge in [-0.1, -0.05) is 0 Å².